The van der Waals surface area contributed by atoms with Crippen molar-refractivity contribution in [2.75, 3.05) is 25.0 Å². The fourth-order valence-corrected chi connectivity index (χ4v) is 7.87. The van der Waals surface area contributed by atoms with E-state index in [1.54, 1.807) is 13.8 Å². The number of pyridine rings is 1. The van der Waals surface area contributed by atoms with E-state index in [9.17, 15) is 9.00 Å². The summed E-state index contributed by atoms with van der Waals surface area (Å²) in [6, 6.07) is -0.710. The lowest BCUT2D eigenvalue weighted by molar-refractivity contribution is -0.0219. The van der Waals surface area contributed by atoms with Crippen molar-refractivity contribution in [3.8, 4) is 5.88 Å². The van der Waals surface area contributed by atoms with Crippen molar-refractivity contribution in [3.63, 3.8) is 0 Å². The number of carbonyl (C=O) groups is 1. The summed E-state index contributed by atoms with van der Waals surface area (Å²) >= 11 is 2.27. The summed E-state index contributed by atoms with van der Waals surface area (Å²) in [6.07, 6.45) is 7.06. The monoisotopic (exact) mass is 601 g/mol. The molecule has 0 saturated carbocycles. The number of urea groups is 1. The lowest BCUT2D eigenvalue weighted by Gasteiger charge is -2.49. The van der Waals surface area contributed by atoms with Crippen LogP contribution in [-0.2, 0) is 42.1 Å². The number of nitrogens with two attached hydrogens (primary N) is 1. The van der Waals surface area contributed by atoms with Gasteiger partial charge in [-0.15, -0.1) is 4.36 Å². The first-order chi connectivity index (χ1) is 15.9. The number of hydrogen-bond donors (Lipinski definition) is 2. The van der Waals surface area contributed by atoms with Gasteiger partial charge in [0.05, 0.1) is 30.5 Å². The molecule has 1 fully saturated rings. The summed E-state index contributed by atoms with van der Waals surface area (Å²) < 4.78 is 27.1. The molecule has 2 aliphatic heterocycles. The van der Waals surface area contributed by atoms with E-state index in [0.29, 0.717) is 19.0 Å². The maximum atomic E-state index is 13.3. The van der Waals surface area contributed by atoms with Crippen molar-refractivity contribution in [1.82, 2.24) is 19.1 Å². The second-order valence-electron chi connectivity index (χ2n) is 9.26. The Balaban J connectivity index is 1.26. The van der Waals surface area contributed by atoms with Gasteiger partial charge in [-0.1, -0.05) is 0 Å². The highest BCUT2D eigenvalue weighted by molar-refractivity contribution is 14.2. The molecule has 6 rings (SSSR count). The van der Waals surface area contributed by atoms with Crippen LogP contribution in [0.3, 0.4) is 0 Å². The van der Waals surface area contributed by atoms with E-state index in [0.717, 1.165) is 79.8 Å². The molecule has 1 unspecified atom stereocenters. The maximum absolute atomic E-state index is 13.3. The number of nitrogens with one attached hydrogen (secondary N) is 1. The van der Waals surface area contributed by atoms with E-state index in [-0.39, 0.29) is 10.3 Å². The number of hydrogen-bond acceptors (Lipinski definition) is 7. The van der Waals surface area contributed by atoms with Crippen LogP contribution in [0.5, 0.6) is 5.88 Å². The van der Waals surface area contributed by atoms with Crippen molar-refractivity contribution in [2.24, 2.45) is 14.9 Å². The second kappa shape index (κ2) is 8.07. The van der Waals surface area contributed by atoms with E-state index in [1.807, 2.05) is 0 Å². The standard InChI is InChI=1S/C20H24IN7O3S2/c21-32-27-8-20(9-27)10-28-18(31-11-20)16(7-23-28)33(22,30)26-19(29)25-17-12-3-1-5-14(12)24-15-6-2-4-13(15)17/h7H,1-6,8-11H2,(H3,22,24,25,26,29,30). The number of amides is 2. The van der Waals surface area contributed by atoms with Crippen LogP contribution >= 0.6 is 30.3 Å². The molecule has 2 aromatic rings. The molecule has 0 aromatic carbocycles. The number of nitrogens with zero attached hydrogens (tertiary/aromatic N) is 5. The topological polar surface area (TPSA) is 128 Å². The molecule has 0 bridgehead atoms. The van der Waals surface area contributed by atoms with Crippen molar-refractivity contribution in [3.05, 3.63) is 28.7 Å². The lowest BCUT2D eigenvalue weighted by Crippen LogP contribution is -2.59. The highest BCUT2D eigenvalue weighted by Gasteiger charge is 2.48. The van der Waals surface area contributed by atoms with E-state index in [1.165, 1.54) is 6.20 Å². The zero-order chi connectivity index (χ0) is 22.8. The van der Waals surface area contributed by atoms with Crippen molar-refractivity contribution < 1.29 is 13.7 Å². The fourth-order valence-electron chi connectivity index (χ4n) is 5.38. The van der Waals surface area contributed by atoms with Crippen LogP contribution in [-0.4, -0.2) is 49.0 Å². The third-order valence-electron chi connectivity index (χ3n) is 6.90. The Kier molecular flexibility index (Phi) is 5.40. The van der Waals surface area contributed by atoms with Gasteiger partial charge < -0.3 is 10.1 Å². The van der Waals surface area contributed by atoms with Crippen LogP contribution in [0.2, 0.25) is 0 Å². The Morgan fingerprint density at radius 3 is 2.58 bits per heavy atom. The molecular formula is C20H24IN7O3S2. The minimum atomic E-state index is -3.52. The molecule has 10 nitrogen and oxygen atoms in total. The summed E-state index contributed by atoms with van der Waals surface area (Å²) in [6.45, 7) is 2.96. The minimum Gasteiger partial charge on any atom is -0.476 e. The normalized spacial score (nSPS) is 22.0. The molecule has 2 aromatic heterocycles. The zero-order valence-electron chi connectivity index (χ0n) is 17.9. The largest absolute Gasteiger partial charge is 0.476 e. The molecule has 1 spiro atoms. The summed E-state index contributed by atoms with van der Waals surface area (Å²) in [4.78, 5) is 17.9. The first-order valence-corrected chi connectivity index (χ1v) is 15.9. The van der Waals surface area contributed by atoms with Gasteiger partial charge in [0.2, 0.25) is 5.88 Å². The Hall–Kier alpha value is -1.42. The zero-order valence-corrected chi connectivity index (χ0v) is 21.7. The second-order valence-corrected chi connectivity index (χ2v) is 12.9. The van der Waals surface area contributed by atoms with Gasteiger partial charge >= 0.3 is 6.03 Å². The molecule has 4 aliphatic rings. The summed E-state index contributed by atoms with van der Waals surface area (Å²) in [5, 5.41) is 13.3. The van der Waals surface area contributed by atoms with Crippen LogP contribution < -0.4 is 15.2 Å². The lowest BCUT2D eigenvalue weighted by atomic mass is 9.82. The summed E-state index contributed by atoms with van der Waals surface area (Å²) in [5.41, 5.74) is 5.08. The highest BCUT2D eigenvalue weighted by Crippen LogP contribution is 2.43. The van der Waals surface area contributed by atoms with Gasteiger partial charge in [0.1, 0.15) is 4.90 Å². The molecule has 176 valence electrons. The average Bonchev–Trinajstić information content (AvgIpc) is 3.49. The number of aromatic nitrogens is 3. The first kappa shape index (κ1) is 22.1. The number of carbonyl (C=O) groups excluding carboxylic acids is 1. The van der Waals surface area contributed by atoms with Gasteiger partial charge in [0.25, 0.3) is 0 Å². The van der Waals surface area contributed by atoms with Crippen molar-refractivity contribution >= 4 is 52.0 Å². The smallest absolute Gasteiger partial charge is 0.354 e. The summed E-state index contributed by atoms with van der Waals surface area (Å²) in [7, 11) is -1.84. The van der Waals surface area contributed by atoms with E-state index in [2.05, 4.69) is 40.3 Å². The van der Waals surface area contributed by atoms with E-state index >= 15 is 0 Å². The Labute approximate surface area is 208 Å². The van der Waals surface area contributed by atoms with Crippen molar-refractivity contribution in [2.45, 2.75) is 50.0 Å². The van der Waals surface area contributed by atoms with Crippen molar-refractivity contribution in [1.29, 1.82) is 0 Å². The highest BCUT2D eigenvalue weighted by atomic mass is 127. The molecule has 0 radical (unpaired) electrons. The molecule has 2 aliphatic carbocycles. The molecule has 4 heterocycles. The van der Waals surface area contributed by atoms with Gasteiger partial charge in [-0.3, -0.25) is 4.98 Å². The van der Waals surface area contributed by atoms with Crippen LogP contribution in [0.25, 0.3) is 0 Å². The van der Waals surface area contributed by atoms with Crippen LogP contribution in [0.4, 0.5) is 10.5 Å². The van der Waals surface area contributed by atoms with Gasteiger partial charge in [-0.2, -0.15) is 5.10 Å². The molecular weight excluding hydrogens is 577 g/mol. The number of ether oxygens (including phenoxy) is 1. The van der Waals surface area contributed by atoms with Crippen LogP contribution in [0, 0.1) is 5.41 Å². The molecule has 13 heteroatoms. The third kappa shape index (κ3) is 3.75. The number of fused-ring (bicyclic) bond motifs is 3. The number of aryl methyl sites for hydroxylation is 2. The van der Waals surface area contributed by atoms with Crippen LogP contribution in [0.1, 0.15) is 35.4 Å². The first-order valence-electron chi connectivity index (χ1n) is 11.0. The number of anilines is 1. The number of halogens is 1. The van der Waals surface area contributed by atoms with Gasteiger partial charge in [-0.05, 0) is 58.8 Å². The molecule has 1 saturated heterocycles. The van der Waals surface area contributed by atoms with Gasteiger partial charge in [0.15, 0.2) is 9.92 Å². The Morgan fingerprint density at radius 2 is 1.91 bits per heavy atom. The Morgan fingerprint density at radius 1 is 1.21 bits per heavy atom. The average molecular weight is 601 g/mol. The molecule has 33 heavy (non-hydrogen) atoms. The third-order valence-corrected chi connectivity index (χ3v) is 10.4. The van der Waals surface area contributed by atoms with E-state index < -0.39 is 15.9 Å². The Bertz CT molecular complexity index is 1250. The number of rotatable bonds is 3. The minimum absolute atomic E-state index is 0.000552. The predicted molar refractivity (Wildman–Crippen MR) is 134 cm³/mol. The van der Waals surface area contributed by atoms with Crippen LogP contribution in [0.15, 0.2) is 15.5 Å². The molecule has 2 amide bonds. The fraction of sp³-hybridized carbons (Fsp3) is 0.550. The quantitative estimate of drug-likeness (QED) is 0.409. The van der Waals surface area contributed by atoms with E-state index in [4.69, 9.17) is 14.9 Å². The van der Waals surface area contributed by atoms with Gasteiger partial charge in [0, 0.05) is 45.7 Å². The predicted octanol–water partition coefficient (Wildman–Crippen LogP) is 2.88. The van der Waals surface area contributed by atoms with Gasteiger partial charge in [-0.25, -0.2) is 23.1 Å². The summed E-state index contributed by atoms with van der Waals surface area (Å²) in [5.74, 6) is 0.343. The molecule has 1 atom stereocenters. The SMILES string of the molecule is NS(=O)(=NC(=O)Nc1c2c(nc3c1CCC3)CCC2)c1cnn2c1OCC1(CN(SI)C1)C2. The maximum Gasteiger partial charge on any atom is 0.354 e. The molecule has 3 N–H and O–H groups in total.